The number of hydrogen-bond acceptors (Lipinski definition) is 3. The maximum absolute atomic E-state index is 12.3. The van der Waals surface area contributed by atoms with Crippen LogP contribution < -0.4 is 4.74 Å². The van der Waals surface area contributed by atoms with Crippen LogP contribution in [0, 0.1) is 0 Å². The monoisotopic (exact) mass is 276 g/mol. The quantitative estimate of drug-likeness (QED) is 0.827. The molecule has 0 aliphatic carbocycles. The second kappa shape index (κ2) is 7.29. The van der Waals surface area contributed by atoms with Crippen molar-refractivity contribution in [2.75, 3.05) is 40.3 Å². The average molecular weight is 276 g/mol. The summed E-state index contributed by atoms with van der Waals surface area (Å²) in [6.07, 6.45) is 3.48. The number of amides is 1. The lowest BCUT2D eigenvalue weighted by Gasteiger charge is -2.26. The third-order valence-corrected chi connectivity index (χ3v) is 3.55. The van der Waals surface area contributed by atoms with Crippen molar-refractivity contribution in [3.63, 3.8) is 0 Å². The number of hydrogen-bond donors (Lipinski definition) is 0. The minimum Gasteiger partial charge on any atom is -0.492 e. The Morgan fingerprint density at radius 1 is 1.15 bits per heavy atom. The Labute approximate surface area is 121 Å². The third kappa shape index (κ3) is 4.23. The van der Waals surface area contributed by atoms with Crippen LogP contribution in [0.5, 0.6) is 5.75 Å². The molecule has 1 aromatic carbocycles. The molecule has 0 spiro atoms. The number of rotatable bonds is 5. The van der Waals surface area contributed by atoms with Gasteiger partial charge in [-0.25, -0.2) is 0 Å². The van der Waals surface area contributed by atoms with Crippen molar-refractivity contribution in [1.82, 2.24) is 9.80 Å². The number of likely N-dealkylation sites (tertiary alicyclic amines) is 1. The van der Waals surface area contributed by atoms with Gasteiger partial charge in [0.05, 0.1) is 0 Å². The summed E-state index contributed by atoms with van der Waals surface area (Å²) in [7, 11) is 4.04. The Balaban J connectivity index is 1.88. The van der Waals surface area contributed by atoms with Crippen molar-refractivity contribution >= 4 is 5.91 Å². The predicted molar refractivity (Wildman–Crippen MR) is 80.2 cm³/mol. The molecule has 1 amide bonds. The van der Waals surface area contributed by atoms with Gasteiger partial charge in [-0.2, -0.15) is 0 Å². The summed E-state index contributed by atoms with van der Waals surface area (Å²) < 4.78 is 5.63. The first-order valence-corrected chi connectivity index (χ1v) is 7.34. The van der Waals surface area contributed by atoms with E-state index in [2.05, 4.69) is 4.90 Å². The first-order chi connectivity index (χ1) is 9.66. The Bertz CT molecular complexity index is 423. The zero-order chi connectivity index (χ0) is 14.4. The normalized spacial score (nSPS) is 15.4. The lowest BCUT2D eigenvalue weighted by atomic mass is 10.1. The van der Waals surface area contributed by atoms with Crippen molar-refractivity contribution in [2.45, 2.75) is 19.3 Å². The summed E-state index contributed by atoms with van der Waals surface area (Å²) in [4.78, 5) is 16.3. The van der Waals surface area contributed by atoms with Gasteiger partial charge in [-0.15, -0.1) is 0 Å². The molecular formula is C16H24N2O2. The van der Waals surface area contributed by atoms with Gasteiger partial charge in [0.15, 0.2) is 0 Å². The summed E-state index contributed by atoms with van der Waals surface area (Å²) in [5.74, 6) is 0.964. The molecule has 0 radical (unpaired) electrons. The molecule has 0 N–H and O–H groups in total. The number of likely N-dealkylation sites (N-methyl/N-ethyl adjacent to an activating group) is 1. The van der Waals surface area contributed by atoms with Crippen LogP contribution in [0.15, 0.2) is 24.3 Å². The minimum absolute atomic E-state index is 0.143. The molecule has 4 heteroatoms. The largest absolute Gasteiger partial charge is 0.492 e. The van der Waals surface area contributed by atoms with Crippen molar-refractivity contribution in [3.05, 3.63) is 29.8 Å². The summed E-state index contributed by atoms with van der Waals surface area (Å²) >= 11 is 0. The van der Waals surface area contributed by atoms with Crippen LogP contribution in [-0.2, 0) is 0 Å². The Hall–Kier alpha value is -1.55. The summed E-state index contributed by atoms with van der Waals surface area (Å²) in [6.45, 7) is 3.32. The van der Waals surface area contributed by atoms with Crippen LogP contribution in [0.1, 0.15) is 29.6 Å². The van der Waals surface area contributed by atoms with E-state index in [0.29, 0.717) is 6.61 Å². The van der Waals surface area contributed by atoms with Gasteiger partial charge in [-0.1, -0.05) is 0 Å². The molecular weight excluding hydrogens is 252 g/mol. The molecule has 1 aromatic rings. The highest BCUT2D eigenvalue weighted by Gasteiger charge is 2.17. The van der Waals surface area contributed by atoms with Crippen LogP contribution in [-0.4, -0.2) is 56.0 Å². The van der Waals surface area contributed by atoms with Gasteiger partial charge in [0, 0.05) is 25.2 Å². The molecule has 0 unspecified atom stereocenters. The lowest BCUT2D eigenvalue weighted by molar-refractivity contribution is 0.0724. The van der Waals surface area contributed by atoms with Crippen molar-refractivity contribution in [2.24, 2.45) is 0 Å². The molecule has 0 saturated carbocycles. The van der Waals surface area contributed by atoms with Crippen LogP contribution in [0.2, 0.25) is 0 Å². The van der Waals surface area contributed by atoms with E-state index in [-0.39, 0.29) is 5.91 Å². The van der Waals surface area contributed by atoms with Gasteiger partial charge in [-0.3, -0.25) is 4.79 Å². The summed E-state index contributed by atoms with van der Waals surface area (Å²) in [5.41, 5.74) is 0.756. The van der Waals surface area contributed by atoms with Gasteiger partial charge in [0.2, 0.25) is 0 Å². The maximum Gasteiger partial charge on any atom is 0.253 e. The standard InChI is InChI=1S/C16H24N2O2/c1-17(2)12-13-20-15-8-6-14(7-9-15)16(19)18-10-4-3-5-11-18/h6-9H,3-5,10-13H2,1-2H3. The first-order valence-electron chi connectivity index (χ1n) is 7.34. The van der Waals surface area contributed by atoms with Crippen LogP contribution in [0.25, 0.3) is 0 Å². The number of piperidine rings is 1. The number of ether oxygens (including phenoxy) is 1. The molecule has 20 heavy (non-hydrogen) atoms. The summed E-state index contributed by atoms with van der Waals surface area (Å²) in [5, 5.41) is 0. The molecule has 0 atom stereocenters. The lowest BCUT2D eigenvalue weighted by Crippen LogP contribution is -2.35. The van der Waals surface area contributed by atoms with Gasteiger partial charge in [-0.05, 0) is 57.6 Å². The van der Waals surface area contributed by atoms with Gasteiger partial charge < -0.3 is 14.5 Å². The fourth-order valence-corrected chi connectivity index (χ4v) is 2.32. The van der Waals surface area contributed by atoms with Crippen LogP contribution >= 0.6 is 0 Å². The Kier molecular flexibility index (Phi) is 5.41. The Morgan fingerprint density at radius 3 is 2.40 bits per heavy atom. The highest BCUT2D eigenvalue weighted by Crippen LogP contribution is 2.16. The molecule has 110 valence electrons. The molecule has 1 heterocycles. The van der Waals surface area contributed by atoms with E-state index in [0.717, 1.165) is 43.8 Å². The fraction of sp³-hybridized carbons (Fsp3) is 0.562. The molecule has 1 aliphatic rings. The average Bonchev–Trinajstić information content (AvgIpc) is 2.48. The molecule has 1 fully saturated rings. The van der Waals surface area contributed by atoms with E-state index in [9.17, 15) is 4.79 Å². The second-order valence-electron chi connectivity index (χ2n) is 5.53. The van der Waals surface area contributed by atoms with Crippen molar-refractivity contribution in [3.8, 4) is 5.75 Å². The Morgan fingerprint density at radius 2 is 1.80 bits per heavy atom. The molecule has 0 bridgehead atoms. The topological polar surface area (TPSA) is 32.8 Å². The summed E-state index contributed by atoms with van der Waals surface area (Å²) in [6, 6.07) is 7.49. The van der Waals surface area contributed by atoms with Crippen molar-refractivity contribution < 1.29 is 9.53 Å². The van der Waals surface area contributed by atoms with E-state index in [4.69, 9.17) is 4.74 Å². The number of nitrogens with zero attached hydrogens (tertiary/aromatic N) is 2. The zero-order valence-electron chi connectivity index (χ0n) is 12.5. The number of carbonyl (C=O) groups is 1. The highest BCUT2D eigenvalue weighted by molar-refractivity contribution is 5.94. The highest BCUT2D eigenvalue weighted by atomic mass is 16.5. The minimum atomic E-state index is 0.143. The number of carbonyl (C=O) groups excluding carboxylic acids is 1. The fourth-order valence-electron chi connectivity index (χ4n) is 2.32. The van der Waals surface area contributed by atoms with Gasteiger partial charge in [0.25, 0.3) is 5.91 Å². The molecule has 4 nitrogen and oxygen atoms in total. The van der Waals surface area contributed by atoms with E-state index < -0.39 is 0 Å². The van der Waals surface area contributed by atoms with Crippen LogP contribution in [0.4, 0.5) is 0 Å². The van der Waals surface area contributed by atoms with Gasteiger partial charge in [0.1, 0.15) is 12.4 Å². The molecule has 2 rings (SSSR count). The van der Waals surface area contributed by atoms with E-state index in [1.165, 1.54) is 6.42 Å². The smallest absolute Gasteiger partial charge is 0.253 e. The molecule has 0 aromatic heterocycles. The zero-order valence-corrected chi connectivity index (χ0v) is 12.5. The van der Waals surface area contributed by atoms with Crippen molar-refractivity contribution in [1.29, 1.82) is 0 Å². The molecule has 1 saturated heterocycles. The maximum atomic E-state index is 12.3. The second-order valence-corrected chi connectivity index (χ2v) is 5.53. The van der Waals surface area contributed by atoms with E-state index in [1.807, 2.05) is 43.3 Å². The number of benzene rings is 1. The third-order valence-electron chi connectivity index (χ3n) is 3.55. The molecule has 1 aliphatic heterocycles. The van der Waals surface area contributed by atoms with E-state index in [1.54, 1.807) is 0 Å². The van der Waals surface area contributed by atoms with Crippen LogP contribution in [0.3, 0.4) is 0 Å². The SMILES string of the molecule is CN(C)CCOc1ccc(C(=O)N2CCCCC2)cc1. The van der Waals surface area contributed by atoms with E-state index >= 15 is 0 Å². The predicted octanol–water partition coefficient (Wildman–Crippen LogP) is 2.25. The van der Waals surface area contributed by atoms with Gasteiger partial charge >= 0.3 is 0 Å². The first kappa shape index (κ1) is 14.9.